The van der Waals surface area contributed by atoms with Crippen molar-refractivity contribution in [2.75, 3.05) is 32.8 Å². The lowest BCUT2D eigenvalue weighted by molar-refractivity contribution is 0.0458. The first kappa shape index (κ1) is 18.8. The Morgan fingerprint density at radius 1 is 1.32 bits per heavy atom. The summed E-state index contributed by atoms with van der Waals surface area (Å²) < 4.78 is 13.8. The highest BCUT2D eigenvalue weighted by atomic mass is 16.6. The van der Waals surface area contributed by atoms with Crippen LogP contribution in [0, 0.1) is 0 Å². The van der Waals surface area contributed by atoms with Gasteiger partial charge < -0.3 is 19.7 Å². The number of hydrogen-bond donors (Lipinski definition) is 1. The van der Waals surface area contributed by atoms with Crippen LogP contribution in [0.2, 0.25) is 0 Å². The zero-order valence-corrected chi connectivity index (χ0v) is 16.3. The Labute approximate surface area is 165 Å². The van der Waals surface area contributed by atoms with Crippen molar-refractivity contribution in [3.05, 3.63) is 42.2 Å². The summed E-state index contributed by atoms with van der Waals surface area (Å²) in [6.45, 7) is 5.62. The second-order valence-corrected chi connectivity index (χ2v) is 7.43. The molecule has 0 aliphatic carbocycles. The summed E-state index contributed by atoms with van der Waals surface area (Å²) in [6, 6.07) is 9.79. The van der Waals surface area contributed by atoms with Gasteiger partial charge in [-0.2, -0.15) is 5.10 Å². The molecule has 2 aliphatic heterocycles. The fraction of sp³-hybridized carbons (Fsp3) is 0.524. The molecule has 1 amide bonds. The van der Waals surface area contributed by atoms with Crippen molar-refractivity contribution < 1.29 is 14.3 Å². The molecule has 1 N–H and O–H groups in total. The van der Waals surface area contributed by atoms with Crippen LogP contribution in [-0.4, -0.2) is 59.5 Å². The van der Waals surface area contributed by atoms with Crippen molar-refractivity contribution >= 4 is 5.91 Å². The molecule has 2 atom stereocenters. The van der Waals surface area contributed by atoms with Gasteiger partial charge in [-0.25, -0.2) is 0 Å². The predicted octanol–water partition coefficient (Wildman–Crippen LogP) is 2.50. The summed E-state index contributed by atoms with van der Waals surface area (Å²) in [4.78, 5) is 14.9. The number of para-hydroxylation sites is 2. The van der Waals surface area contributed by atoms with Crippen LogP contribution in [0.25, 0.3) is 0 Å². The van der Waals surface area contributed by atoms with Gasteiger partial charge in [-0.05, 0) is 44.0 Å². The second-order valence-electron chi connectivity index (χ2n) is 7.43. The maximum absolute atomic E-state index is 13.1. The van der Waals surface area contributed by atoms with E-state index in [4.69, 9.17) is 9.47 Å². The molecule has 0 saturated carbocycles. The van der Waals surface area contributed by atoms with Crippen LogP contribution in [0.15, 0.2) is 36.5 Å². The number of carbonyl (C=O) groups excluding carboxylic acids is 1. The SMILES string of the molecule is CCCN(CC1COc2ccccc2O1)C(=O)c1ccn(C2CCCNC2)n1. The largest absolute Gasteiger partial charge is 0.486 e. The maximum atomic E-state index is 13.1. The van der Waals surface area contributed by atoms with Gasteiger partial charge in [-0.3, -0.25) is 9.48 Å². The average molecular weight is 384 g/mol. The number of benzene rings is 1. The Morgan fingerprint density at radius 2 is 2.18 bits per heavy atom. The third-order valence-electron chi connectivity index (χ3n) is 5.24. The highest BCUT2D eigenvalue weighted by molar-refractivity contribution is 5.92. The number of carbonyl (C=O) groups is 1. The van der Waals surface area contributed by atoms with Crippen molar-refractivity contribution in [2.45, 2.75) is 38.3 Å². The maximum Gasteiger partial charge on any atom is 0.274 e. The smallest absolute Gasteiger partial charge is 0.274 e. The van der Waals surface area contributed by atoms with Crippen LogP contribution in [0.1, 0.15) is 42.7 Å². The van der Waals surface area contributed by atoms with E-state index in [0.29, 0.717) is 31.4 Å². The van der Waals surface area contributed by atoms with Gasteiger partial charge in [0.15, 0.2) is 17.6 Å². The topological polar surface area (TPSA) is 68.6 Å². The van der Waals surface area contributed by atoms with Gasteiger partial charge in [-0.15, -0.1) is 0 Å². The van der Waals surface area contributed by atoms with E-state index in [-0.39, 0.29) is 12.0 Å². The third kappa shape index (κ3) is 4.14. The highest BCUT2D eigenvalue weighted by Gasteiger charge is 2.27. The molecule has 28 heavy (non-hydrogen) atoms. The lowest BCUT2D eigenvalue weighted by Crippen LogP contribution is -2.44. The first-order valence-electron chi connectivity index (χ1n) is 10.2. The molecule has 0 radical (unpaired) electrons. The van der Waals surface area contributed by atoms with E-state index in [1.807, 2.05) is 46.1 Å². The van der Waals surface area contributed by atoms with Crippen LogP contribution in [0.5, 0.6) is 11.5 Å². The molecule has 4 rings (SSSR count). The standard InChI is InChI=1S/C21H28N4O3/c1-2-11-24(14-17-15-27-19-7-3-4-8-20(19)28-17)21(26)18-9-12-25(23-18)16-6-5-10-22-13-16/h3-4,7-9,12,16-17,22H,2,5-6,10-11,13-15H2,1H3. The van der Waals surface area contributed by atoms with Gasteiger partial charge in [0.1, 0.15) is 12.3 Å². The molecule has 1 fully saturated rings. The summed E-state index contributed by atoms with van der Waals surface area (Å²) >= 11 is 0. The minimum Gasteiger partial charge on any atom is -0.486 e. The number of nitrogens with zero attached hydrogens (tertiary/aromatic N) is 3. The number of aromatic nitrogens is 2. The van der Waals surface area contributed by atoms with Crippen LogP contribution in [0.3, 0.4) is 0 Å². The van der Waals surface area contributed by atoms with Gasteiger partial charge in [0.05, 0.1) is 12.6 Å². The summed E-state index contributed by atoms with van der Waals surface area (Å²) in [6.07, 6.45) is 4.84. The number of amides is 1. The van der Waals surface area contributed by atoms with E-state index < -0.39 is 0 Å². The number of piperidine rings is 1. The summed E-state index contributed by atoms with van der Waals surface area (Å²) in [5.41, 5.74) is 0.496. The molecule has 2 aromatic rings. The first-order valence-corrected chi connectivity index (χ1v) is 10.2. The molecule has 7 nitrogen and oxygen atoms in total. The molecule has 0 spiro atoms. The Bertz CT molecular complexity index is 800. The normalized spacial score (nSPS) is 21.3. The first-order chi connectivity index (χ1) is 13.7. The van der Waals surface area contributed by atoms with Gasteiger partial charge in [0, 0.05) is 19.3 Å². The van der Waals surface area contributed by atoms with Gasteiger partial charge in [-0.1, -0.05) is 19.1 Å². The van der Waals surface area contributed by atoms with Gasteiger partial charge >= 0.3 is 0 Å². The Kier molecular flexibility index (Phi) is 5.81. The molecule has 2 unspecified atom stereocenters. The minimum atomic E-state index is -0.185. The minimum absolute atomic E-state index is 0.0492. The van der Waals surface area contributed by atoms with Crippen molar-refractivity contribution in [1.82, 2.24) is 20.0 Å². The second kappa shape index (κ2) is 8.65. The molecule has 1 aromatic heterocycles. The zero-order chi connectivity index (χ0) is 19.3. The molecule has 3 heterocycles. The predicted molar refractivity (Wildman–Crippen MR) is 106 cm³/mol. The van der Waals surface area contributed by atoms with Crippen LogP contribution in [0.4, 0.5) is 0 Å². The molecule has 2 aliphatic rings. The van der Waals surface area contributed by atoms with Crippen molar-refractivity contribution in [1.29, 1.82) is 0 Å². The van der Waals surface area contributed by atoms with Crippen LogP contribution < -0.4 is 14.8 Å². The Hall–Kier alpha value is -2.54. The quantitative estimate of drug-likeness (QED) is 0.829. The molecular weight excluding hydrogens is 356 g/mol. The van der Waals surface area contributed by atoms with Gasteiger partial charge in [0.2, 0.25) is 0 Å². The van der Waals surface area contributed by atoms with Gasteiger partial charge in [0.25, 0.3) is 5.91 Å². The molecule has 150 valence electrons. The number of nitrogens with one attached hydrogen (secondary N) is 1. The third-order valence-corrected chi connectivity index (χ3v) is 5.24. The van der Waals surface area contributed by atoms with Crippen molar-refractivity contribution in [2.24, 2.45) is 0 Å². The number of ether oxygens (including phenoxy) is 2. The molecule has 7 heteroatoms. The summed E-state index contributed by atoms with van der Waals surface area (Å²) in [7, 11) is 0. The Balaban J connectivity index is 1.43. The fourth-order valence-electron chi connectivity index (χ4n) is 3.82. The van der Waals surface area contributed by atoms with E-state index in [1.54, 1.807) is 0 Å². The van der Waals surface area contributed by atoms with Crippen molar-refractivity contribution in [3.63, 3.8) is 0 Å². The highest BCUT2D eigenvalue weighted by Crippen LogP contribution is 2.31. The molecule has 1 saturated heterocycles. The zero-order valence-electron chi connectivity index (χ0n) is 16.3. The molecule has 1 aromatic carbocycles. The van der Waals surface area contributed by atoms with E-state index in [0.717, 1.165) is 43.9 Å². The summed E-state index contributed by atoms with van der Waals surface area (Å²) in [5.74, 6) is 1.44. The molecule has 0 bridgehead atoms. The number of rotatable bonds is 6. The monoisotopic (exact) mass is 384 g/mol. The number of hydrogen-bond acceptors (Lipinski definition) is 5. The number of fused-ring (bicyclic) bond motifs is 1. The van der Waals surface area contributed by atoms with E-state index in [1.165, 1.54) is 0 Å². The van der Waals surface area contributed by atoms with E-state index >= 15 is 0 Å². The fourth-order valence-corrected chi connectivity index (χ4v) is 3.82. The van der Waals surface area contributed by atoms with Crippen molar-refractivity contribution in [3.8, 4) is 11.5 Å². The van der Waals surface area contributed by atoms with E-state index in [9.17, 15) is 4.79 Å². The lowest BCUT2D eigenvalue weighted by atomic mass is 10.1. The average Bonchev–Trinajstić information content (AvgIpc) is 3.24. The van der Waals surface area contributed by atoms with E-state index in [2.05, 4.69) is 17.3 Å². The Morgan fingerprint density at radius 3 is 2.96 bits per heavy atom. The lowest BCUT2D eigenvalue weighted by Gasteiger charge is -2.31. The van der Waals surface area contributed by atoms with Crippen LogP contribution >= 0.6 is 0 Å². The summed E-state index contributed by atoms with van der Waals surface area (Å²) in [5, 5.41) is 7.97. The molecular formula is C21H28N4O3. The van der Waals surface area contributed by atoms with Crippen LogP contribution in [-0.2, 0) is 0 Å².